The maximum Gasteiger partial charge on any atom is 0.308 e. The van der Waals surface area contributed by atoms with Gasteiger partial charge in [-0.2, -0.15) is 0 Å². The second kappa shape index (κ2) is 14.4. The van der Waals surface area contributed by atoms with E-state index in [1.807, 2.05) is 13.8 Å². The lowest BCUT2D eigenvalue weighted by Gasteiger charge is -2.15. The summed E-state index contributed by atoms with van der Waals surface area (Å²) in [4.78, 5) is 11.7. The summed E-state index contributed by atoms with van der Waals surface area (Å²) in [6.07, 6.45) is 11.9. The minimum atomic E-state index is -0.497. The molecule has 1 unspecified atom stereocenters. The molecule has 126 valence electrons. The van der Waals surface area contributed by atoms with E-state index in [9.17, 15) is 9.90 Å². The summed E-state index contributed by atoms with van der Waals surface area (Å²) in [7, 11) is 0. The van der Waals surface area contributed by atoms with E-state index in [4.69, 9.17) is 4.74 Å². The molecule has 0 bridgehead atoms. The zero-order chi connectivity index (χ0) is 15.9. The molecular formula is C18H36O3. The largest absolute Gasteiger partial charge is 0.463 e. The molecule has 0 saturated carbocycles. The molecule has 0 spiro atoms. The van der Waals surface area contributed by atoms with E-state index in [0.717, 1.165) is 25.7 Å². The van der Waals surface area contributed by atoms with Gasteiger partial charge in [-0.1, -0.05) is 72.1 Å². The van der Waals surface area contributed by atoms with Crippen LogP contribution >= 0.6 is 0 Å². The fourth-order valence-electron chi connectivity index (χ4n) is 2.52. The predicted octanol–water partition coefficient (Wildman–Crippen LogP) is 4.86. The molecule has 0 aliphatic carbocycles. The van der Waals surface area contributed by atoms with E-state index in [0.29, 0.717) is 0 Å². The van der Waals surface area contributed by atoms with Crippen LogP contribution in [0.5, 0.6) is 0 Å². The van der Waals surface area contributed by atoms with E-state index in [2.05, 4.69) is 6.92 Å². The number of aliphatic hydroxyl groups excluding tert-OH is 1. The molecular weight excluding hydrogens is 264 g/mol. The number of rotatable bonds is 14. The van der Waals surface area contributed by atoms with Gasteiger partial charge in [-0.15, -0.1) is 0 Å². The van der Waals surface area contributed by atoms with E-state index >= 15 is 0 Å². The number of aliphatic hydroxyl groups is 1. The van der Waals surface area contributed by atoms with Crippen molar-refractivity contribution in [3.8, 4) is 0 Å². The molecule has 21 heavy (non-hydrogen) atoms. The van der Waals surface area contributed by atoms with Crippen molar-refractivity contribution in [2.45, 2.75) is 97.5 Å². The number of esters is 1. The summed E-state index contributed by atoms with van der Waals surface area (Å²) >= 11 is 0. The molecule has 3 nitrogen and oxygen atoms in total. The topological polar surface area (TPSA) is 46.5 Å². The molecule has 0 aromatic carbocycles. The molecule has 0 aliphatic rings. The molecule has 1 N–H and O–H groups in total. The van der Waals surface area contributed by atoms with Crippen molar-refractivity contribution in [3.63, 3.8) is 0 Å². The summed E-state index contributed by atoms with van der Waals surface area (Å²) in [5.41, 5.74) is 0. The van der Waals surface area contributed by atoms with Gasteiger partial charge >= 0.3 is 5.97 Å². The highest BCUT2D eigenvalue weighted by atomic mass is 16.5. The Morgan fingerprint density at radius 3 is 1.95 bits per heavy atom. The van der Waals surface area contributed by atoms with Crippen molar-refractivity contribution in [2.75, 3.05) is 6.61 Å². The van der Waals surface area contributed by atoms with Crippen LogP contribution in [-0.4, -0.2) is 23.8 Å². The van der Waals surface area contributed by atoms with Gasteiger partial charge in [0.2, 0.25) is 0 Å². The Morgan fingerprint density at radius 2 is 1.43 bits per heavy atom. The average Bonchev–Trinajstić information content (AvgIpc) is 2.49. The lowest BCUT2D eigenvalue weighted by Crippen LogP contribution is -2.23. The summed E-state index contributed by atoms with van der Waals surface area (Å²) in [5, 5.41) is 9.82. The van der Waals surface area contributed by atoms with Crippen molar-refractivity contribution in [2.24, 2.45) is 5.92 Å². The normalized spacial score (nSPS) is 12.6. The van der Waals surface area contributed by atoms with Crippen LogP contribution < -0.4 is 0 Å². The highest BCUT2D eigenvalue weighted by molar-refractivity contribution is 5.72. The fraction of sp³-hybridized carbons (Fsp3) is 0.944. The van der Waals surface area contributed by atoms with Gasteiger partial charge in [-0.05, 0) is 19.3 Å². The van der Waals surface area contributed by atoms with Gasteiger partial charge in [-0.25, -0.2) is 0 Å². The summed E-state index contributed by atoms with van der Waals surface area (Å²) < 4.78 is 5.18. The molecule has 1 atom stereocenters. The second-order valence-electron chi connectivity index (χ2n) is 6.06. The summed E-state index contributed by atoms with van der Waals surface area (Å²) in [6.45, 7) is 6.38. The Morgan fingerprint density at radius 1 is 0.905 bits per heavy atom. The third-order valence-corrected chi connectivity index (χ3v) is 4.13. The minimum absolute atomic E-state index is 0.0136. The lowest BCUT2D eigenvalue weighted by molar-refractivity contribution is -0.151. The summed E-state index contributed by atoms with van der Waals surface area (Å²) in [6, 6.07) is 0. The van der Waals surface area contributed by atoms with E-state index in [-0.39, 0.29) is 18.5 Å². The van der Waals surface area contributed by atoms with Crippen molar-refractivity contribution < 1.29 is 14.6 Å². The van der Waals surface area contributed by atoms with Gasteiger partial charge in [0.05, 0.1) is 12.0 Å². The monoisotopic (exact) mass is 300 g/mol. The second-order valence-corrected chi connectivity index (χ2v) is 6.06. The highest BCUT2D eigenvalue weighted by Gasteiger charge is 2.16. The van der Waals surface area contributed by atoms with E-state index in [1.165, 1.54) is 44.9 Å². The Balaban J connectivity index is 3.46. The molecule has 0 aromatic heterocycles. The van der Waals surface area contributed by atoms with Crippen molar-refractivity contribution in [3.05, 3.63) is 0 Å². The van der Waals surface area contributed by atoms with Crippen molar-refractivity contribution in [1.29, 1.82) is 0 Å². The first-order valence-corrected chi connectivity index (χ1v) is 9.00. The molecule has 0 aliphatic heterocycles. The highest BCUT2D eigenvalue weighted by Crippen LogP contribution is 2.12. The van der Waals surface area contributed by atoms with Crippen molar-refractivity contribution >= 4 is 5.97 Å². The van der Waals surface area contributed by atoms with Crippen LogP contribution in [0.3, 0.4) is 0 Å². The smallest absolute Gasteiger partial charge is 0.308 e. The van der Waals surface area contributed by atoms with Crippen molar-refractivity contribution in [1.82, 2.24) is 0 Å². The van der Waals surface area contributed by atoms with Crippen LogP contribution in [0.25, 0.3) is 0 Å². The zero-order valence-electron chi connectivity index (χ0n) is 14.4. The third-order valence-electron chi connectivity index (χ3n) is 4.13. The predicted molar refractivity (Wildman–Crippen MR) is 88.3 cm³/mol. The lowest BCUT2D eigenvalue weighted by atomic mass is 10.0. The number of carbonyl (C=O) groups is 1. The number of carbonyl (C=O) groups excluding carboxylic acids is 1. The van der Waals surface area contributed by atoms with Crippen LogP contribution in [-0.2, 0) is 9.53 Å². The van der Waals surface area contributed by atoms with Crippen LogP contribution in [0, 0.1) is 5.92 Å². The zero-order valence-corrected chi connectivity index (χ0v) is 14.4. The molecule has 0 amide bonds. The first kappa shape index (κ1) is 20.4. The first-order chi connectivity index (χ1) is 10.2. The SMILES string of the molecule is CCCCCCCCCCC(O)COC(=O)C(CC)CC. The molecule has 3 heteroatoms. The standard InChI is InChI=1S/C18H36O3/c1-4-7-8-9-10-11-12-13-14-17(19)15-21-18(20)16(5-2)6-3/h16-17,19H,4-15H2,1-3H3. The number of unbranched alkanes of at least 4 members (excludes halogenated alkanes) is 7. The van der Waals surface area contributed by atoms with Gasteiger partial charge in [-0.3, -0.25) is 4.79 Å². The first-order valence-electron chi connectivity index (χ1n) is 9.00. The molecule has 0 heterocycles. The Labute approximate surface area is 131 Å². The summed E-state index contributed by atoms with van der Waals surface area (Å²) in [5.74, 6) is -0.171. The Hall–Kier alpha value is -0.570. The minimum Gasteiger partial charge on any atom is -0.463 e. The number of hydrogen-bond donors (Lipinski definition) is 1. The van der Waals surface area contributed by atoms with Gasteiger partial charge in [0, 0.05) is 0 Å². The molecule has 0 fully saturated rings. The van der Waals surface area contributed by atoms with Crippen LogP contribution in [0.15, 0.2) is 0 Å². The maximum absolute atomic E-state index is 11.7. The average molecular weight is 300 g/mol. The van der Waals surface area contributed by atoms with Gasteiger partial charge < -0.3 is 9.84 Å². The molecule has 0 aromatic rings. The number of hydrogen-bond acceptors (Lipinski definition) is 3. The number of ether oxygens (including phenoxy) is 1. The van der Waals surface area contributed by atoms with Gasteiger partial charge in [0.1, 0.15) is 6.61 Å². The molecule has 0 saturated heterocycles. The maximum atomic E-state index is 11.7. The quantitative estimate of drug-likeness (QED) is 0.368. The van der Waals surface area contributed by atoms with E-state index in [1.54, 1.807) is 0 Å². The van der Waals surface area contributed by atoms with Crippen LogP contribution in [0.1, 0.15) is 91.4 Å². The fourth-order valence-corrected chi connectivity index (χ4v) is 2.52. The van der Waals surface area contributed by atoms with Crippen LogP contribution in [0.2, 0.25) is 0 Å². The Bertz CT molecular complexity index is 237. The third kappa shape index (κ3) is 11.7. The Kier molecular flexibility index (Phi) is 14.0. The van der Waals surface area contributed by atoms with Gasteiger partial charge in [0.15, 0.2) is 0 Å². The van der Waals surface area contributed by atoms with E-state index < -0.39 is 6.10 Å². The molecule has 0 radical (unpaired) electrons. The van der Waals surface area contributed by atoms with Gasteiger partial charge in [0.25, 0.3) is 0 Å². The molecule has 0 rings (SSSR count). The van der Waals surface area contributed by atoms with Crippen LogP contribution in [0.4, 0.5) is 0 Å².